The Kier molecular flexibility index (Phi) is 8.42. The third kappa shape index (κ3) is 5.41. The third-order valence-corrected chi connectivity index (χ3v) is 12.9. The summed E-state index contributed by atoms with van der Waals surface area (Å²) in [4.78, 5) is 4.79. The van der Waals surface area contributed by atoms with Crippen molar-refractivity contribution < 1.29 is 0 Å². The summed E-state index contributed by atoms with van der Waals surface area (Å²) in [7, 11) is 0. The van der Waals surface area contributed by atoms with E-state index in [1.165, 1.54) is 55.6 Å². The summed E-state index contributed by atoms with van der Waals surface area (Å²) in [6.45, 7) is 4.77. The average molecular weight is 769 g/mol. The molecule has 0 aromatic heterocycles. The second kappa shape index (κ2) is 14.1. The quantitative estimate of drug-likeness (QED) is 0.159. The molecule has 2 aliphatic rings. The Bertz CT molecular complexity index is 2940. The van der Waals surface area contributed by atoms with E-state index in [-0.39, 0.29) is 5.41 Å². The van der Waals surface area contributed by atoms with Crippen molar-refractivity contribution in [1.82, 2.24) is 0 Å². The highest BCUT2D eigenvalue weighted by atomic mass is 15.2. The number of hydrogen-bond acceptors (Lipinski definition) is 2. The molecule has 0 radical (unpaired) electrons. The van der Waals surface area contributed by atoms with Crippen LogP contribution >= 0.6 is 0 Å². The molecule has 0 bridgehead atoms. The number of anilines is 6. The van der Waals surface area contributed by atoms with Gasteiger partial charge in [-0.05, 0) is 117 Å². The predicted molar refractivity (Wildman–Crippen MR) is 251 cm³/mol. The van der Waals surface area contributed by atoms with Gasteiger partial charge in [-0.25, -0.2) is 0 Å². The highest BCUT2D eigenvalue weighted by Crippen LogP contribution is 2.64. The van der Waals surface area contributed by atoms with Crippen LogP contribution in [0.25, 0.3) is 22.3 Å². The Labute approximate surface area is 353 Å². The van der Waals surface area contributed by atoms with E-state index in [0.29, 0.717) is 0 Å². The first-order chi connectivity index (χ1) is 29.5. The number of rotatable bonds is 7. The zero-order chi connectivity index (χ0) is 40.3. The van der Waals surface area contributed by atoms with Crippen LogP contribution in [-0.2, 0) is 10.8 Å². The molecule has 0 fully saturated rings. The molecular weight excluding hydrogens is 725 g/mol. The lowest BCUT2D eigenvalue weighted by atomic mass is 9.55. The molecule has 0 heterocycles. The summed E-state index contributed by atoms with van der Waals surface area (Å²) >= 11 is 0. The molecule has 0 saturated carbocycles. The van der Waals surface area contributed by atoms with Crippen molar-refractivity contribution >= 4 is 34.1 Å². The summed E-state index contributed by atoms with van der Waals surface area (Å²) in [5, 5.41) is 0. The van der Waals surface area contributed by atoms with Crippen molar-refractivity contribution in [3.05, 3.63) is 264 Å². The minimum Gasteiger partial charge on any atom is -0.311 e. The molecule has 2 heteroatoms. The summed E-state index contributed by atoms with van der Waals surface area (Å²) in [5.74, 6) is 0. The highest BCUT2D eigenvalue weighted by molar-refractivity contribution is 5.98. The molecule has 2 nitrogen and oxygen atoms in total. The standard InChI is InChI=1S/C58H44N2/c1-57(2)50-27-14-16-29-52(50)58(53-30-17-15-28-51(53)57)49-26-13-12-25-48(49)56-54(58)31-18-32-55(56)60(44-23-10-5-11-24-44)47-39-37-46(38-40-47)59(43-21-8-4-9-22-43)45-35-33-42(34-36-45)41-19-6-3-7-20-41/h3-40H,1-2H3. The normalized spacial score (nSPS) is 13.8. The minimum atomic E-state index is -0.469. The van der Waals surface area contributed by atoms with Gasteiger partial charge in [0.05, 0.1) is 11.1 Å². The molecule has 0 unspecified atom stereocenters. The number of fused-ring (bicyclic) bond motifs is 9. The second-order valence-corrected chi connectivity index (χ2v) is 16.5. The van der Waals surface area contributed by atoms with Gasteiger partial charge in [-0.1, -0.05) is 178 Å². The Morgan fingerprint density at radius 2 is 0.667 bits per heavy atom. The zero-order valence-corrected chi connectivity index (χ0v) is 33.8. The van der Waals surface area contributed by atoms with Crippen LogP contribution in [0.5, 0.6) is 0 Å². The van der Waals surface area contributed by atoms with E-state index >= 15 is 0 Å². The Balaban J connectivity index is 1.09. The molecule has 0 atom stereocenters. The van der Waals surface area contributed by atoms with Crippen molar-refractivity contribution in [3.8, 4) is 22.3 Å². The summed E-state index contributed by atoms with van der Waals surface area (Å²) in [5.41, 5.74) is 19.2. The molecule has 1 spiro atoms. The van der Waals surface area contributed by atoms with Gasteiger partial charge in [0.25, 0.3) is 0 Å². The third-order valence-electron chi connectivity index (χ3n) is 12.9. The van der Waals surface area contributed by atoms with Gasteiger partial charge >= 0.3 is 0 Å². The summed E-state index contributed by atoms with van der Waals surface area (Å²) < 4.78 is 0. The van der Waals surface area contributed by atoms with E-state index in [1.54, 1.807) is 0 Å². The molecule has 286 valence electrons. The van der Waals surface area contributed by atoms with Crippen molar-refractivity contribution in [1.29, 1.82) is 0 Å². The van der Waals surface area contributed by atoms with Gasteiger partial charge in [0.2, 0.25) is 0 Å². The van der Waals surface area contributed by atoms with Crippen LogP contribution in [0.2, 0.25) is 0 Å². The van der Waals surface area contributed by atoms with E-state index in [4.69, 9.17) is 0 Å². The van der Waals surface area contributed by atoms with Crippen LogP contribution in [0.15, 0.2) is 231 Å². The SMILES string of the molecule is CC1(C)c2ccccc2C2(c3ccccc3-c3c(N(c4ccccc4)c4ccc(N(c5ccccc5)c5ccc(-c6ccccc6)cc5)cc4)cccc32)c2ccccc21. The smallest absolute Gasteiger partial charge is 0.0720 e. The second-order valence-electron chi connectivity index (χ2n) is 16.5. The Hall–Kier alpha value is -7.42. The van der Waals surface area contributed by atoms with Gasteiger partial charge in [0, 0.05) is 39.4 Å². The zero-order valence-electron chi connectivity index (χ0n) is 33.8. The highest BCUT2D eigenvalue weighted by Gasteiger charge is 2.53. The van der Waals surface area contributed by atoms with E-state index < -0.39 is 5.41 Å². The molecule has 0 aliphatic heterocycles. The van der Waals surface area contributed by atoms with Crippen LogP contribution < -0.4 is 9.80 Å². The monoisotopic (exact) mass is 768 g/mol. The summed E-state index contributed by atoms with van der Waals surface area (Å²) in [6.07, 6.45) is 0. The maximum atomic E-state index is 2.45. The van der Waals surface area contributed by atoms with Crippen molar-refractivity contribution in [2.75, 3.05) is 9.80 Å². The number of para-hydroxylation sites is 2. The van der Waals surface area contributed by atoms with Crippen LogP contribution in [0.4, 0.5) is 34.1 Å². The van der Waals surface area contributed by atoms with Crippen molar-refractivity contribution in [2.24, 2.45) is 0 Å². The van der Waals surface area contributed by atoms with Gasteiger partial charge in [0.1, 0.15) is 0 Å². The van der Waals surface area contributed by atoms with Gasteiger partial charge in [-0.2, -0.15) is 0 Å². The molecule has 60 heavy (non-hydrogen) atoms. The van der Waals surface area contributed by atoms with Crippen LogP contribution in [-0.4, -0.2) is 0 Å². The fourth-order valence-corrected chi connectivity index (χ4v) is 10.3. The first-order valence-electron chi connectivity index (χ1n) is 20.9. The van der Waals surface area contributed by atoms with E-state index in [1.807, 2.05) is 0 Å². The van der Waals surface area contributed by atoms with Crippen molar-refractivity contribution in [2.45, 2.75) is 24.7 Å². The first kappa shape index (κ1) is 35.7. The predicted octanol–water partition coefficient (Wildman–Crippen LogP) is 15.3. The van der Waals surface area contributed by atoms with Gasteiger partial charge in [-0.15, -0.1) is 0 Å². The molecule has 0 N–H and O–H groups in total. The lowest BCUT2D eigenvalue weighted by Crippen LogP contribution is -2.40. The molecule has 0 saturated heterocycles. The van der Waals surface area contributed by atoms with E-state index in [0.717, 1.165) is 34.1 Å². The summed E-state index contributed by atoms with van der Waals surface area (Å²) in [6, 6.07) is 84.5. The molecule has 2 aliphatic carbocycles. The van der Waals surface area contributed by atoms with Crippen LogP contribution in [0.1, 0.15) is 47.2 Å². The number of benzene rings is 9. The molecule has 9 aromatic carbocycles. The maximum Gasteiger partial charge on any atom is 0.0720 e. The number of nitrogens with zero attached hydrogens (tertiary/aromatic N) is 2. The van der Waals surface area contributed by atoms with Crippen molar-refractivity contribution in [3.63, 3.8) is 0 Å². The molecule has 0 amide bonds. The number of hydrogen-bond donors (Lipinski definition) is 0. The average Bonchev–Trinajstić information content (AvgIpc) is 3.62. The van der Waals surface area contributed by atoms with Gasteiger partial charge in [0.15, 0.2) is 0 Å². The molecule has 11 rings (SSSR count). The Morgan fingerprint density at radius 3 is 1.23 bits per heavy atom. The van der Waals surface area contributed by atoms with E-state index in [9.17, 15) is 0 Å². The van der Waals surface area contributed by atoms with Crippen LogP contribution in [0, 0.1) is 0 Å². The van der Waals surface area contributed by atoms with E-state index in [2.05, 4.69) is 254 Å². The fraction of sp³-hybridized carbons (Fsp3) is 0.0690. The first-order valence-corrected chi connectivity index (χ1v) is 20.9. The van der Waals surface area contributed by atoms with Gasteiger partial charge < -0.3 is 9.80 Å². The topological polar surface area (TPSA) is 6.48 Å². The lowest BCUT2D eigenvalue weighted by Gasteiger charge is -2.46. The Morgan fingerprint density at radius 1 is 0.283 bits per heavy atom. The maximum absolute atomic E-state index is 2.45. The largest absolute Gasteiger partial charge is 0.311 e. The fourth-order valence-electron chi connectivity index (χ4n) is 10.3. The van der Waals surface area contributed by atoms with Crippen LogP contribution in [0.3, 0.4) is 0 Å². The minimum absolute atomic E-state index is 0.150. The molecule has 9 aromatic rings. The lowest BCUT2D eigenvalue weighted by molar-refractivity contribution is 0.563. The molecular formula is C58H44N2. The van der Waals surface area contributed by atoms with Gasteiger partial charge in [-0.3, -0.25) is 0 Å².